The first kappa shape index (κ1) is 15.3. The molecule has 120 valence electrons. The average molecular weight is 303 g/mol. The first-order valence-electron chi connectivity index (χ1n) is 8.32. The molecule has 0 radical (unpaired) electrons. The molecule has 5 nitrogen and oxygen atoms in total. The van der Waals surface area contributed by atoms with E-state index in [2.05, 4.69) is 15.0 Å². The molecule has 5 heteroatoms. The summed E-state index contributed by atoms with van der Waals surface area (Å²) in [5, 5.41) is 3.00. The van der Waals surface area contributed by atoms with Crippen molar-refractivity contribution >= 4 is 11.4 Å². The van der Waals surface area contributed by atoms with Crippen molar-refractivity contribution < 1.29 is 4.74 Å². The summed E-state index contributed by atoms with van der Waals surface area (Å²) in [7, 11) is 1.58. The van der Waals surface area contributed by atoms with Gasteiger partial charge in [-0.3, -0.25) is 0 Å². The van der Waals surface area contributed by atoms with E-state index in [0.717, 1.165) is 24.8 Å². The number of hydrogen-bond acceptors (Lipinski definition) is 5. The van der Waals surface area contributed by atoms with E-state index < -0.39 is 0 Å². The molecule has 1 aromatic rings. The predicted molar refractivity (Wildman–Crippen MR) is 89.1 cm³/mol. The van der Waals surface area contributed by atoms with Crippen LogP contribution in [0.2, 0.25) is 0 Å². The van der Waals surface area contributed by atoms with Gasteiger partial charge >= 0.3 is 0 Å². The van der Waals surface area contributed by atoms with Gasteiger partial charge in [-0.15, -0.1) is 4.91 Å². The third-order valence-electron chi connectivity index (χ3n) is 5.00. The van der Waals surface area contributed by atoms with Crippen LogP contribution in [0.5, 0.6) is 5.75 Å². The lowest BCUT2D eigenvalue weighted by molar-refractivity contribution is 0.141. The Kier molecular flexibility index (Phi) is 4.93. The van der Waals surface area contributed by atoms with Crippen molar-refractivity contribution in [2.45, 2.75) is 38.1 Å². The number of piperidine rings is 2. The molecule has 0 bridgehead atoms. The number of nitrogens with zero attached hydrogens (tertiary/aromatic N) is 3. The maximum absolute atomic E-state index is 10.7. The van der Waals surface area contributed by atoms with Crippen LogP contribution in [0.3, 0.4) is 0 Å². The number of likely N-dealkylation sites (tertiary alicyclic amines) is 1. The van der Waals surface area contributed by atoms with Gasteiger partial charge in [0.1, 0.15) is 11.4 Å². The summed E-state index contributed by atoms with van der Waals surface area (Å²) < 4.78 is 5.26. The van der Waals surface area contributed by atoms with Crippen molar-refractivity contribution in [1.29, 1.82) is 0 Å². The Labute approximate surface area is 132 Å². The highest BCUT2D eigenvalue weighted by Crippen LogP contribution is 2.33. The number of nitroso groups, excluding NO2 is 1. The van der Waals surface area contributed by atoms with E-state index in [1.54, 1.807) is 13.2 Å². The highest BCUT2D eigenvalue weighted by molar-refractivity contribution is 5.62. The van der Waals surface area contributed by atoms with Crippen molar-refractivity contribution in [3.8, 4) is 5.75 Å². The minimum atomic E-state index is 0.370. The topological polar surface area (TPSA) is 45.1 Å². The zero-order valence-corrected chi connectivity index (χ0v) is 13.3. The lowest BCUT2D eigenvalue weighted by Crippen LogP contribution is -2.46. The Morgan fingerprint density at radius 3 is 2.45 bits per heavy atom. The molecular formula is C17H25N3O2. The highest BCUT2D eigenvalue weighted by atomic mass is 16.5. The Hall–Kier alpha value is -1.62. The number of anilines is 1. The molecule has 2 heterocycles. The van der Waals surface area contributed by atoms with Crippen LogP contribution in [0.1, 0.15) is 32.1 Å². The summed E-state index contributed by atoms with van der Waals surface area (Å²) in [6.45, 7) is 4.69. The zero-order valence-electron chi connectivity index (χ0n) is 13.3. The molecule has 0 spiro atoms. The molecule has 2 saturated heterocycles. The second kappa shape index (κ2) is 7.09. The van der Waals surface area contributed by atoms with Crippen LogP contribution in [0.25, 0.3) is 0 Å². The number of rotatable bonds is 4. The first-order valence-corrected chi connectivity index (χ1v) is 8.32. The van der Waals surface area contributed by atoms with Crippen molar-refractivity contribution in [3.63, 3.8) is 0 Å². The van der Waals surface area contributed by atoms with Gasteiger partial charge in [-0.2, -0.15) is 0 Å². The second-order valence-corrected chi connectivity index (χ2v) is 6.26. The molecule has 0 aliphatic carbocycles. The van der Waals surface area contributed by atoms with Crippen LogP contribution in [0.4, 0.5) is 11.4 Å². The van der Waals surface area contributed by atoms with Gasteiger partial charge in [0.15, 0.2) is 0 Å². The Morgan fingerprint density at radius 1 is 1.09 bits per heavy atom. The number of benzene rings is 1. The van der Waals surface area contributed by atoms with Gasteiger partial charge in [-0.25, -0.2) is 0 Å². The lowest BCUT2D eigenvalue weighted by atomic mass is 9.99. The standard InChI is InChI=1S/C17H25N3O2/c1-22-17-13-15(5-6-16(17)18-21)20-11-7-14(8-12-20)19-9-3-2-4-10-19/h5-6,13-14H,2-4,7-12H2,1H3. The van der Waals surface area contributed by atoms with E-state index in [4.69, 9.17) is 4.74 Å². The van der Waals surface area contributed by atoms with E-state index >= 15 is 0 Å². The summed E-state index contributed by atoms with van der Waals surface area (Å²) in [5.41, 5.74) is 1.50. The molecule has 0 atom stereocenters. The minimum absolute atomic E-state index is 0.370. The summed E-state index contributed by atoms with van der Waals surface area (Å²) >= 11 is 0. The molecule has 2 aliphatic heterocycles. The molecule has 22 heavy (non-hydrogen) atoms. The summed E-state index contributed by atoms with van der Waals surface area (Å²) in [4.78, 5) is 15.8. The molecule has 0 amide bonds. The van der Waals surface area contributed by atoms with Crippen LogP contribution >= 0.6 is 0 Å². The summed E-state index contributed by atoms with van der Waals surface area (Å²) in [6, 6.07) is 6.39. The molecule has 1 aromatic carbocycles. The molecule has 0 unspecified atom stereocenters. The van der Waals surface area contributed by atoms with E-state index in [1.807, 2.05) is 12.1 Å². The van der Waals surface area contributed by atoms with Crippen molar-refractivity contribution in [2.75, 3.05) is 38.2 Å². The van der Waals surface area contributed by atoms with Gasteiger partial charge < -0.3 is 14.5 Å². The largest absolute Gasteiger partial charge is 0.494 e. The van der Waals surface area contributed by atoms with Gasteiger partial charge in [-0.1, -0.05) is 6.42 Å². The Balaban J connectivity index is 1.62. The third kappa shape index (κ3) is 3.24. The molecule has 0 aromatic heterocycles. The van der Waals surface area contributed by atoms with Gasteiger partial charge in [0, 0.05) is 30.9 Å². The number of ether oxygens (including phenoxy) is 1. The monoisotopic (exact) mass is 303 g/mol. The second-order valence-electron chi connectivity index (χ2n) is 6.26. The minimum Gasteiger partial charge on any atom is -0.494 e. The van der Waals surface area contributed by atoms with Crippen molar-refractivity contribution in [2.24, 2.45) is 5.18 Å². The van der Waals surface area contributed by atoms with Crippen molar-refractivity contribution in [1.82, 2.24) is 4.90 Å². The SMILES string of the molecule is COc1cc(N2CCC(N3CCCCC3)CC2)ccc1N=O. The normalized spacial score (nSPS) is 20.9. The third-order valence-corrected chi connectivity index (χ3v) is 5.00. The quantitative estimate of drug-likeness (QED) is 0.798. The van der Waals surface area contributed by atoms with Crippen LogP contribution in [0, 0.1) is 4.91 Å². The average Bonchev–Trinajstić information content (AvgIpc) is 2.62. The van der Waals surface area contributed by atoms with Gasteiger partial charge in [0.2, 0.25) is 0 Å². The van der Waals surface area contributed by atoms with Gasteiger partial charge in [0.05, 0.1) is 7.11 Å². The van der Waals surface area contributed by atoms with Gasteiger partial charge in [0.25, 0.3) is 0 Å². The maximum Gasteiger partial charge on any atom is 0.150 e. The van der Waals surface area contributed by atoms with Gasteiger partial charge in [-0.05, 0) is 56.1 Å². The number of methoxy groups -OCH3 is 1. The van der Waals surface area contributed by atoms with E-state index in [-0.39, 0.29) is 0 Å². The zero-order chi connectivity index (χ0) is 15.4. The first-order chi connectivity index (χ1) is 10.8. The maximum atomic E-state index is 10.7. The lowest BCUT2D eigenvalue weighted by Gasteiger charge is -2.41. The van der Waals surface area contributed by atoms with Crippen LogP contribution in [0.15, 0.2) is 23.4 Å². The Bertz CT molecular complexity index is 507. The summed E-state index contributed by atoms with van der Waals surface area (Å²) in [6.07, 6.45) is 6.55. The molecule has 3 rings (SSSR count). The van der Waals surface area contributed by atoms with E-state index in [0.29, 0.717) is 11.4 Å². The molecule has 0 N–H and O–H groups in total. The smallest absolute Gasteiger partial charge is 0.150 e. The van der Waals surface area contributed by atoms with Crippen LogP contribution in [-0.4, -0.2) is 44.2 Å². The molecule has 2 fully saturated rings. The molecule has 0 saturated carbocycles. The van der Waals surface area contributed by atoms with Crippen molar-refractivity contribution in [3.05, 3.63) is 23.1 Å². The van der Waals surface area contributed by atoms with Crippen LogP contribution in [-0.2, 0) is 0 Å². The fraction of sp³-hybridized carbons (Fsp3) is 0.647. The molecular weight excluding hydrogens is 278 g/mol. The fourth-order valence-corrected chi connectivity index (χ4v) is 3.71. The van der Waals surface area contributed by atoms with E-state index in [9.17, 15) is 4.91 Å². The number of hydrogen-bond donors (Lipinski definition) is 0. The predicted octanol–water partition coefficient (Wildman–Crippen LogP) is 3.55. The highest BCUT2D eigenvalue weighted by Gasteiger charge is 2.25. The summed E-state index contributed by atoms with van der Waals surface area (Å²) in [5.74, 6) is 0.561. The van der Waals surface area contributed by atoms with E-state index in [1.165, 1.54) is 45.2 Å². The Morgan fingerprint density at radius 2 is 1.82 bits per heavy atom. The fourth-order valence-electron chi connectivity index (χ4n) is 3.71. The molecule has 2 aliphatic rings. The van der Waals surface area contributed by atoms with Crippen LogP contribution < -0.4 is 9.64 Å².